The van der Waals surface area contributed by atoms with Crippen molar-refractivity contribution in [3.05, 3.63) is 35.7 Å². The lowest BCUT2D eigenvalue weighted by Crippen LogP contribution is -2.50. The molecular weight excluding hydrogens is 260 g/mol. The van der Waals surface area contributed by atoms with Crippen LogP contribution in [0.5, 0.6) is 0 Å². The van der Waals surface area contributed by atoms with Gasteiger partial charge in [-0.3, -0.25) is 14.6 Å². The summed E-state index contributed by atoms with van der Waals surface area (Å²) >= 11 is 0. The van der Waals surface area contributed by atoms with Gasteiger partial charge in [-0.2, -0.15) is 0 Å². The Morgan fingerprint density at radius 3 is 2.95 bits per heavy atom. The molecule has 3 atom stereocenters. The minimum Gasteiger partial charge on any atom is -0.481 e. The summed E-state index contributed by atoms with van der Waals surface area (Å²) in [5.41, 5.74) is 1.96. The van der Waals surface area contributed by atoms with Crippen molar-refractivity contribution in [2.75, 3.05) is 0 Å². The molecule has 0 bridgehead atoms. The Kier molecular flexibility index (Phi) is 3.14. The molecule has 0 aromatic carbocycles. The van der Waals surface area contributed by atoms with Crippen LogP contribution in [0.2, 0.25) is 0 Å². The van der Waals surface area contributed by atoms with Gasteiger partial charge in [0.1, 0.15) is 18.1 Å². The number of hydrogen-bond donors (Lipinski definition) is 2. The van der Waals surface area contributed by atoms with Crippen LogP contribution in [0.3, 0.4) is 0 Å². The van der Waals surface area contributed by atoms with Crippen molar-refractivity contribution in [2.45, 2.75) is 25.0 Å². The lowest BCUT2D eigenvalue weighted by atomic mass is 9.89. The van der Waals surface area contributed by atoms with Crippen LogP contribution in [-0.4, -0.2) is 35.4 Å². The largest absolute Gasteiger partial charge is 0.481 e. The molecule has 1 heterocycles. The minimum absolute atomic E-state index is 0.221. The molecule has 6 heteroatoms. The van der Waals surface area contributed by atoms with E-state index in [4.69, 9.17) is 4.74 Å². The van der Waals surface area contributed by atoms with Gasteiger partial charge in [0.05, 0.1) is 17.1 Å². The Morgan fingerprint density at radius 2 is 2.20 bits per heavy atom. The summed E-state index contributed by atoms with van der Waals surface area (Å²) in [5, 5.41) is 12.5. The average molecular weight is 274 g/mol. The summed E-state index contributed by atoms with van der Waals surface area (Å²) in [6.45, 7) is 0.434. The van der Waals surface area contributed by atoms with Gasteiger partial charge in [-0.15, -0.1) is 0 Å². The summed E-state index contributed by atoms with van der Waals surface area (Å²) in [4.78, 5) is 26.3. The molecule has 0 saturated heterocycles. The fourth-order valence-corrected chi connectivity index (χ4v) is 2.72. The summed E-state index contributed by atoms with van der Waals surface area (Å²) in [5.74, 6) is -1.51. The normalized spacial score (nSPS) is 30.8. The molecule has 0 spiro atoms. The summed E-state index contributed by atoms with van der Waals surface area (Å²) in [6.07, 6.45) is 8.13. The maximum Gasteiger partial charge on any atom is 0.312 e. The van der Waals surface area contributed by atoms with E-state index in [-0.39, 0.29) is 12.1 Å². The van der Waals surface area contributed by atoms with E-state index in [9.17, 15) is 14.7 Å². The average Bonchev–Trinajstić information content (AvgIpc) is 2.45. The lowest BCUT2D eigenvalue weighted by Gasteiger charge is -2.35. The lowest BCUT2D eigenvalue weighted by molar-refractivity contribution is -0.140. The van der Waals surface area contributed by atoms with Crippen molar-refractivity contribution < 1.29 is 19.4 Å². The molecular formula is C14H14N2O4. The highest BCUT2D eigenvalue weighted by Crippen LogP contribution is 2.31. The van der Waals surface area contributed by atoms with E-state index in [1.807, 2.05) is 24.3 Å². The number of carboxylic acids is 1. The Bertz CT molecular complexity index is 574. The molecule has 20 heavy (non-hydrogen) atoms. The smallest absolute Gasteiger partial charge is 0.312 e. The number of carboxylic acid groups (broad SMARTS) is 1. The first-order valence-electron chi connectivity index (χ1n) is 6.45. The van der Waals surface area contributed by atoms with Crippen LogP contribution in [0.15, 0.2) is 40.7 Å². The number of ether oxygens (including phenoxy) is 1. The number of rotatable bonds is 3. The summed E-state index contributed by atoms with van der Waals surface area (Å²) in [7, 11) is 0. The fraction of sp³-hybridized carbons (Fsp3) is 0.357. The minimum atomic E-state index is -0.882. The highest BCUT2D eigenvalue weighted by atomic mass is 16.5. The number of nitrogens with zero attached hydrogens (tertiary/aromatic N) is 1. The van der Waals surface area contributed by atoms with Gasteiger partial charge in [0, 0.05) is 6.42 Å². The predicted octanol–water partition coefficient (Wildman–Crippen LogP) is 0.773. The Labute approximate surface area is 115 Å². The number of aliphatic imine (C=N–C) groups is 1. The topological polar surface area (TPSA) is 88.0 Å². The number of nitrogens with one attached hydrogen (secondary N) is 1. The quantitative estimate of drug-likeness (QED) is 0.742. The standard InChI is InChI=1S/C14H14N2O4/c17-7-20-11-6-2-5-10-13(11)16-9-4-1-3-8(14(18)19)12(9)15-10/h1-2,4-5,7-8,11,13,16H,3,6H2,(H,18,19)/t8-,11-,13?/m1/s1. The third-order valence-electron chi connectivity index (χ3n) is 3.70. The van der Waals surface area contributed by atoms with Gasteiger partial charge in [0.15, 0.2) is 0 Å². The van der Waals surface area contributed by atoms with E-state index < -0.39 is 11.9 Å². The third-order valence-corrected chi connectivity index (χ3v) is 3.70. The molecule has 3 aliphatic rings. The van der Waals surface area contributed by atoms with Gasteiger partial charge < -0.3 is 15.2 Å². The van der Waals surface area contributed by atoms with Crippen LogP contribution in [0, 0.1) is 5.92 Å². The molecule has 1 unspecified atom stereocenters. The van der Waals surface area contributed by atoms with E-state index in [0.717, 1.165) is 0 Å². The number of carbonyl (C=O) groups is 2. The van der Waals surface area contributed by atoms with Crippen LogP contribution in [0.4, 0.5) is 0 Å². The second-order valence-corrected chi connectivity index (χ2v) is 4.90. The van der Waals surface area contributed by atoms with Gasteiger partial charge in [0.2, 0.25) is 0 Å². The molecule has 0 radical (unpaired) electrons. The predicted molar refractivity (Wildman–Crippen MR) is 71.0 cm³/mol. The number of aliphatic carboxylic acids is 1. The van der Waals surface area contributed by atoms with Crippen molar-refractivity contribution >= 4 is 18.2 Å². The van der Waals surface area contributed by atoms with Gasteiger partial charge >= 0.3 is 5.97 Å². The van der Waals surface area contributed by atoms with Crippen LogP contribution in [0.25, 0.3) is 0 Å². The molecule has 104 valence electrons. The van der Waals surface area contributed by atoms with Gasteiger partial charge in [-0.1, -0.05) is 12.2 Å². The van der Waals surface area contributed by atoms with Gasteiger partial charge in [0.25, 0.3) is 6.47 Å². The van der Waals surface area contributed by atoms with E-state index in [2.05, 4.69) is 10.3 Å². The van der Waals surface area contributed by atoms with Crippen LogP contribution < -0.4 is 5.32 Å². The van der Waals surface area contributed by atoms with E-state index >= 15 is 0 Å². The number of hydrogen-bond acceptors (Lipinski definition) is 5. The van der Waals surface area contributed by atoms with E-state index in [1.165, 1.54) is 0 Å². The maximum absolute atomic E-state index is 11.3. The van der Waals surface area contributed by atoms with Gasteiger partial charge in [-0.05, 0) is 18.6 Å². The zero-order valence-electron chi connectivity index (χ0n) is 10.7. The number of allylic oxidation sites excluding steroid dienone is 2. The molecule has 3 rings (SSSR count). The molecule has 2 N–H and O–H groups in total. The first kappa shape index (κ1) is 12.7. The molecule has 2 aliphatic carbocycles. The zero-order chi connectivity index (χ0) is 14.1. The zero-order valence-corrected chi connectivity index (χ0v) is 10.7. The van der Waals surface area contributed by atoms with Crippen molar-refractivity contribution in [2.24, 2.45) is 10.9 Å². The molecule has 0 aromatic rings. The van der Waals surface area contributed by atoms with Crippen molar-refractivity contribution in [3.63, 3.8) is 0 Å². The van der Waals surface area contributed by atoms with Crippen LogP contribution >= 0.6 is 0 Å². The van der Waals surface area contributed by atoms with Crippen molar-refractivity contribution in [1.82, 2.24) is 5.32 Å². The Balaban J connectivity index is 1.96. The Morgan fingerprint density at radius 1 is 1.40 bits per heavy atom. The SMILES string of the molecule is O=CO[C@@H]1CC=CC2=NC3=C(C=CC[C@H]3C(=O)O)NC21. The first-order valence-corrected chi connectivity index (χ1v) is 6.45. The van der Waals surface area contributed by atoms with Gasteiger partial charge in [-0.25, -0.2) is 0 Å². The maximum atomic E-state index is 11.3. The highest BCUT2D eigenvalue weighted by Gasteiger charge is 2.36. The summed E-state index contributed by atoms with van der Waals surface area (Å²) < 4.78 is 5.07. The number of carbonyl (C=O) groups excluding carboxylic acids is 1. The number of fused-ring (bicyclic) bond motifs is 1. The summed E-state index contributed by atoms with van der Waals surface area (Å²) in [6, 6.07) is -0.221. The molecule has 6 nitrogen and oxygen atoms in total. The van der Waals surface area contributed by atoms with Crippen molar-refractivity contribution in [1.29, 1.82) is 0 Å². The molecule has 1 aliphatic heterocycles. The highest BCUT2D eigenvalue weighted by molar-refractivity contribution is 6.02. The Hall–Kier alpha value is -2.37. The van der Waals surface area contributed by atoms with Crippen LogP contribution in [-0.2, 0) is 14.3 Å². The monoisotopic (exact) mass is 274 g/mol. The molecule has 0 fully saturated rings. The van der Waals surface area contributed by atoms with E-state index in [1.54, 1.807) is 0 Å². The third kappa shape index (κ3) is 2.03. The second-order valence-electron chi connectivity index (χ2n) is 4.90. The molecule has 0 saturated carbocycles. The first-order chi connectivity index (χ1) is 9.70. The molecule has 0 amide bonds. The fourth-order valence-electron chi connectivity index (χ4n) is 2.72. The van der Waals surface area contributed by atoms with Crippen LogP contribution in [0.1, 0.15) is 12.8 Å². The van der Waals surface area contributed by atoms with E-state index in [0.29, 0.717) is 36.4 Å². The second kappa shape index (κ2) is 4.96. The molecule has 0 aromatic heterocycles. The van der Waals surface area contributed by atoms with Crippen molar-refractivity contribution in [3.8, 4) is 0 Å².